The third-order valence-electron chi connectivity index (χ3n) is 3.42. The van der Waals surface area contributed by atoms with Crippen molar-refractivity contribution in [3.63, 3.8) is 0 Å². The Bertz CT molecular complexity index is 372. The first-order valence-corrected chi connectivity index (χ1v) is 6.34. The van der Waals surface area contributed by atoms with Gasteiger partial charge in [0, 0.05) is 5.92 Å². The Labute approximate surface area is 99.4 Å². The molecular formula is C16H21. The fourth-order valence-corrected chi connectivity index (χ4v) is 2.25. The van der Waals surface area contributed by atoms with Gasteiger partial charge >= 0.3 is 0 Å². The summed E-state index contributed by atoms with van der Waals surface area (Å²) < 4.78 is 0. The first-order valence-electron chi connectivity index (χ1n) is 6.34. The van der Waals surface area contributed by atoms with Gasteiger partial charge in [-0.1, -0.05) is 37.6 Å². The molecule has 1 aliphatic rings. The molecule has 0 amide bonds. The zero-order valence-corrected chi connectivity index (χ0v) is 10.2. The average molecular weight is 213 g/mol. The van der Waals surface area contributed by atoms with Gasteiger partial charge in [0.25, 0.3) is 0 Å². The Morgan fingerprint density at radius 1 is 1.44 bits per heavy atom. The van der Waals surface area contributed by atoms with Gasteiger partial charge in [0.05, 0.1) is 0 Å². The molecule has 1 radical (unpaired) electrons. The predicted molar refractivity (Wildman–Crippen MR) is 70.7 cm³/mol. The van der Waals surface area contributed by atoms with Crippen LogP contribution in [-0.4, -0.2) is 0 Å². The normalized spacial score (nSPS) is 17.1. The first-order chi connectivity index (χ1) is 7.76. The molecule has 1 saturated carbocycles. The Hall–Kier alpha value is -1.04. The average Bonchev–Trinajstić information content (AvgIpc) is 3.13. The van der Waals surface area contributed by atoms with Gasteiger partial charge in [0.15, 0.2) is 0 Å². The summed E-state index contributed by atoms with van der Waals surface area (Å²) in [5.74, 6) is 1.06. The SMILES string of the molecule is [CH2]C(C=C)c1ccc(CCC)c(C2CC2)c1. The van der Waals surface area contributed by atoms with E-state index in [0.29, 0.717) is 0 Å². The van der Waals surface area contributed by atoms with Crippen molar-refractivity contribution < 1.29 is 0 Å². The number of aryl methyl sites for hydroxylation is 1. The van der Waals surface area contributed by atoms with Gasteiger partial charge < -0.3 is 0 Å². The van der Waals surface area contributed by atoms with Crippen molar-refractivity contribution in [3.8, 4) is 0 Å². The van der Waals surface area contributed by atoms with Crippen molar-refractivity contribution in [3.05, 3.63) is 54.5 Å². The van der Waals surface area contributed by atoms with Gasteiger partial charge in [0.2, 0.25) is 0 Å². The Morgan fingerprint density at radius 3 is 2.75 bits per heavy atom. The van der Waals surface area contributed by atoms with Crippen LogP contribution in [0.5, 0.6) is 0 Å². The largest absolute Gasteiger partial charge is 0.102 e. The molecule has 1 aromatic carbocycles. The zero-order valence-electron chi connectivity index (χ0n) is 10.2. The minimum absolute atomic E-state index is 0.230. The van der Waals surface area contributed by atoms with E-state index in [4.69, 9.17) is 0 Å². The molecule has 1 aromatic rings. The highest BCUT2D eigenvalue weighted by Crippen LogP contribution is 2.42. The molecule has 85 valence electrons. The van der Waals surface area contributed by atoms with Gasteiger partial charge in [0.1, 0.15) is 0 Å². The van der Waals surface area contributed by atoms with E-state index < -0.39 is 0 Å². The van der Waals surface area contributed by atoms with E-state index in [9.17, 15) is 0 Å². The van der Waals surface area contributed by atoms with E-state index in [-0.39, 0.29) is 5.92 Å². The molecule has 16 heavy (non-hydrogen) atoms. The number of hydrogen-bond acceptors (Lipinski definition) is 0. The molecule has 0 spiro atoms. The molecule has 0 heterocycles. The quantitative estimate of drug-likeness (QED) is 0.626. The van der Waals surface area contributed by atoms with E-state index in [1.54, 1.807) is 11.1 Å². The van der Waals surface area contributed by atoms with Crippen LogP contribution in [-0.2, 0) is 6.42 Å². The molecule has 1 atom stereocenters. The summed E-state index contributed by atoms with van der Waals surface area (Å²) in [6.07, 6.45) is 7.11. The van der Waals surface area contributed by atoms with Crippen LogP contribution >= 0.6 is 0 Å². The first kappa shape index (κ1) is 11.4. The van der Waals surface area contributed by atoms with Gasteiger partial charge in [-0.05, 0) is 48.8 Å². The van der Waals surface area contributed by atoms with Crippen LogP contribution < -0.4 is 0 Å². The van der Waals surface area contributed by atoms with Crippen molar-refractivity contribution in [2.45, 2.75) is 44.4 Å². The maximum atomic E-state index is 4.11. The number of allylic oxidation sites excluding steroid dienone is 1. The molecule has 0 aliphatic heterocycles. The smallest absolute Gasteiger partial charge is 0.00157 e. The number of benzene rings is 1. The lowest BCUT2D eigenvalue weighted by atomic mass is 9.92. The monoisotopic (exact) mass is 213 g/mol. The number of hydrogen-bond donors (Lipinski definition) is 0. The second-order valence-electron chi connectivity index (χ2n) is 4.82. The van der Waals surface area contributed by atoms with Crippen molar-refractivity contribution in [2.24, 2.45) is 0 Å². The second-order valence-corrected chi connectivity index (χ2v) is 4.82. The number of rotatable bonds is 5. The molecule has 1 aliphatic carbocycles. The Kier molecular flexibility index (Phi) is 3.48. The molecule has 0 saturated heterocycles. The van der Waals surface area contributed by atoms with Crippen LogP contribution in [0.4, 0.5) is 0 Å². The minimum atomic E-state index is 0.230. The van der Waals surface area contributed by atoms with Crippen LogP contribution in [0.2, 0.25) is 0 Å². The van der Waals surface area contributed by atoms with Crippen molar-refractivity contribution in [1.82, 2.24) is 0 Å². The Morgan fingerprint density at radius 2 is 2.19 bits per heavy atom. The molecule has 0 bridgehead atoms. The van der Waals surface area contributed by atoms with Gasteiger partial charge in [-0.3, -0.25) is 0 Å². The predicted octanol–water partition coefficient (Wildman–Crippen LogP) is 4.62. The van der Waals surface area contributed by atoms with Gasteiger partial charge in [-0.2, -0.15) is 0 Å². The summed E-state index contributed by atoms with van der Waals surface area (Å²) in [6, 6.07) is 6.88. The van der Waals surface area contributed by atoms with E-state index in [0.717, 1.165) is 5.92 Å². The topological polar surface area (TPSA) is 0 Å². The maximum absolute atomic E-state index is 4.11. The third-order valence-corrected chi connectivity index (χ3v) is 3.42. The lowest BCUT2D eigenvalue weighted by molar-refractivity contribution is 0.891. The lowest BCUT2D eigenvalue weighted by Gasteiger charge is -2.13. The molecule has 1 unspecified atom stereocenters. The van der Waals surface area contributed by atoms with Crippen LogP contribution in [0, 0.1) is 6.92 Å². The molecule has 0 aromatic heterocycles. The summed E-state index contributed by atoms with van der Waals surface area (Å²) in [5.41, 5.74) is 4.44. The van der Waals surface area contributed by atoms with Crippen molar-refractivity contribution >= 4 is 0 Å². The summed E-state index contributed by atoms with van der Waals surface area (Å²) in [5, 5.41) is 0. The summed E-state index contributed by atoms with van der Waals surface area (Å²) in [6.45, 7) is 10.2. The van der Waals surface area contributed by atoms with Crippen molar-refractivity contribution in [1.29, 1.82) is 0 Å². The molecule has 1 fully saturated rings. The van der Waals surface area contributed by atoms with Crippen molar-refractivity contribution in [2.75, 3.05) is 0 Å². The Balaban J connectivity index is 2.31. The van der Waals surface area contributed by atoms with Crippen LogP contribution in [0.1, 0.15) is 54.7 Å². The fourth-order valence-electron chi connectivity index (χ4n) is 2.25. The second kappa shape index (κ2) is 4.86. The molecule has 2 rings (SSSR count). The summed E-state index contributed by atoms with van der Waals surface area (Å²) >= 11 is 0. The highest BCUT2D eigenvalue weighted by atomic mass is 14.3. The van der Waals surface area contributed by atoms with E-state index in [1.807, 2.05) is 6.08 Å². The van der Waals surface area contributed by atoms with E-state index >= 15 is 0 Å². The fraction of sp³-hybridized carbons (Fsp3) is 0.438. The standard InChI is InChI=1S/C16H21/c1-4-6-13-9-10-15(12(3)5-2)11-16(13)14-7-8-14/h5,9-12,14H,2-4,6-8H2,1H3. The third kappa shape index (κ3) is 2.37. The summed E-state index contributed by atoms with van der Waals surface area (Å²) in [4.78, 5) is 0. The lowest BCUT2D eigenvalue weighted by Crippen LogP contribution is -1.97. The molecule has 0 N–H and O–H groups in total. The van der Waals surface area contributed by atoms with Gasteiger partial charge in [-0.25, -0.2) is 0 Å². The highest BCUT2D eigenvalue weighted by molar-refractivity contribution is 5.39. The van der Waals surface area contributed by atoms with Crippen LogP contribution in [0.3, 0.4) is 0 Å². The summed E-state index contributed by atoms with van der Waals surface area (Å²) in [7, 11) is 0. The molecular weight excluding hydrogens is 192 g/mol. The van der Waals surface area contributed by atoms with E-state index in [1.165, 1.54) is 31.2 Å². The maximum Gasteiger partial charge on any atom is 0.00157 e. The molecule has 0 heteroatoms. The van der Waals surface area contributed by atoms with Crippen LogP contribution in [0.25, 0.3) is 0 Å². The van der Waals surface area contributed by atoms with Crippen LogP contribution in [0.15, 0.2) is 30.9 Å². The van der Waals surface area contributed by atoms with E-state index in [2.05, 4.69) is 38.6 Å². The minimum Gasteiger partial charge on any atom is -0.102 e. The zero-order chi connectivity index (χ0) is 11.5. The molecule has 0 nitrogen and oxygen atoms in total. The van der Waals surface area contributed by atoms with Gasteiger partial charge in [-0.15, -0.1) is 6.58 Å². The highest BCUT2D eigenvalue weighted by Gasteiger charge is 2.26.